The molecule has 1 heterocycles. The van der Waals surface area contributed by atoms with Gasteiger partial charge in [-0.15, -0.1) is 0 Å². The molecule has 0 aliphatic carbocycles. The smallest absolute Gasteiger partial charge is 0.179 e. The lowest BCUT2D eigenvalue weighted by molar-refractivity contribution is 0.101. The van der Waals surface area contributed by atoms with Crippen molar-refractivity contribution in [2.24, 2.45) is 0 Å². The molecule has 14 heavy (non-hydrogen) atoms. The second kappa shape index (κ2) is 4.40. The third-order valence-electron chi connectivity index (χ3n) is 2.54. The van der Waals surface area contributed by atoms with Crippen molar-refractivity contribution < 1.29 is 4.79 Å². The van der Waals surface area contributed by atoms with Crippen LogP contribution in [0.1, 0.15) is 56.3 Å². The lowest BCUT2D eigenvalue weighted by Gasteiger charge is -2.12. The fourth-order valence-corrected chi connectivity index (χ4v) is 1.42. The zero-order valence-corrected chi connectivity index (χ0v) is 9.37. The molecule has 0 spiro atoms. The lowest BCUT2D eigenvalue weighted by atomic mass is 10.2. The van der Waals surface area contributed by atoms with E-state index in [4.69, 9.17) is 0 Å². The van der Waals surface area contributed by atoms with Crippen molar-refractivity contribution >= 4 is 5.78 Å². The first kappa shape index (κ1) is 11.0. The van der Waals surface area contributed by atoms with Crippen molar-refractivity contribution in [2.45, 2.75) is 46.6 Å². The summed E-state index contributed by atoms with van der Waals surface area (Å²) in [5.41, 5.74) is 1.73. The summed E-state index contributed by atoms with van der Waals surface area (Å²) in [6.07, 6.45) is 1.96. The molecule has 0 saturated carbocycles. The molecule has 1 atom stereocenters. The second-order valence-corrected chi connectivity index (χ2v) is 3.63. The van der Waals surface area contributed by atoms with Gasteiger partial charge >= 0.3 is 0 Å². The predicted octanol–water partition coefficient (Wildman–Crippen LogP) is 2.62. The minimum atomic E-state index is 0.0433. The Bertz CT molecular complexity index is 328. The van der Waals surface area contributed by atoms with Crippen LogP contribution in [0.25, 0.3) is 0 Å². The van der Waals surface area contributed by atoms with Crippen LogP contribution in [0.3, 0.4) is 0 Å². The minimum Gasteiger partial charge on any atom is -0.293 e. The van der Waals surface area contributed by atoms with Gasteiger partial charge in [0.25, 0.3) is 0 Å². The molecule has 0 amide bonds. The van der Waals surface area contributed by atoms with Crippen LogP contribution in [-0.2, 0) is 6.42 Å². The first-order valence-electron chi connectivity index (χ1n) is 5.19. The summed E-state index contributed by atoms with van der Waals surface area (Å²) in [5.74, 6) is 0.0433. The molecule has 3 heteroatoms. The van der Waals surface area contributed by atoms with E-state index in [9.17, 15) is 4.79 Å². The molecule has 0 radical (unpaired) electrons. The molecule has 0 bridgehead atoms. The van der Waals surface area contributed by atoms with E-state index in [2.05, 4.69) is 25.9 Å². The van der Waals surface area contributed by atoms with Gasteiger partial charge in [-0.3, -0.25) is 9.48 Å². The van der Waals surface area contributed by atoms with Crippen LogP contribution in [0.15, 0.2) is 6.07 Å². The van der Waals surface area contributed by atoms with Crippen LogP contribution in [-0.4, -0.2) is 15.6 Å². The zero-order chi connectivity index (χ0) is 10.7. The summed E-state index contributed by atoms with van der Waals surface area (Å²) in [7, 11) is 0. The van der Waals surface area contributed by atoms with Crippen molar-refractivity contribution in [2.75, 3.05) is 0 Å². The van der Waals surface area contributed by atoms with Crippen LogP contribution in [0, 0.1) is 0 Å². The van der Waals surface area contributed by atoms with Gasteiger partial charge in [0, 0.05) is 18.7 Å². The molecule has 3 nitrogen and oxygen atoms in total. The van der Waals surface area contributed by atoms with Gasteiger partial charge in [-0.05, 0) is 25.8 Å². The predicted molar refractivity (Wildman–Crippen MR) is 56.6 cm³/mol. The quantitative estimate of drug-likeness (QED) is 0.690. The Hall–Kier alpha value is -1.12. The molecule has 0 fully saturated rings. The van der Waals surface area contributed by atoms with E-state index in [1.807, 2.05) is 10.7 Å². The molecule has 1 aromatic rings. The summed E-state index contributed by atoms with van der Waals surface area (Å²) >= 11 is 0. The third-order valence-corrected chi connectivity index (χ3v) is 2.54. The Morgan fingerprint density at radius 3 is 2.64 bits per heavy atom. The van der Waals surface area contributed by atoms with Gasteiger partial charge in [-0.1, -0.05) is 13.8 Å². The highest BCUT2D eigenvalue weighted by Crippen LogP contribution is 2.15. The normalized spacial score (nSPS) is 12.9. The number of carbonyl (C=O) groups excluding carboxylic acids is 1. The van der Waals surface area contributed by atoms with Crippen LogP contribution in [0.4, 0.5) is 0 Å². The first-order chi connectivity index (χ1) is 6.60. The Morgan fingerprint density at radius 2 is 2.21 bits per heavy atom. The monoisotopic (exact) mass is 194 g/mol. The van der Waals surface area contributed by atoms with E-state index in [0.29, 0.717) is 11.7 Å². The topological polar surface area (TPSA) is 34.9 Å². The average Bonchev–Trinajstić information content (AvgIpc) is 2.60. The number of aromatic nitrogens is 2. The standard InChI is InChI=1S/C11H18N2O/c1-5-8(3)13-10(6-2)7-11(12-13)9(4)14/h7-8H,5-6H2,1-4H3. The van der Waals surface area contributed by atoms with E-state index in [-0.39, 0.29) is 5.78 Å². The Balaban J connectivity index is 3.08. The van der Waals surface area contributed by atoms with Crippen molar-refractivity contribution in [1.29, 1.82) is 0 Å². The molecule has 0 aromatic carbocycles. The van der Waals surface area contributed by atoms with Crippen LogP contribution < -0.4 is 0 Å². The highest BCUT2D eigenvalue weighted by Gasteiger charge is 2.12. The fraction of sp³-hybridized carbons (Fsp3) is 0.636. The number of hydrogen-bond acceptors (Lipinski definition) is 2. The molecule has 78 valence electrons. The fourth-order valence-electron chi connectivity index (χ4n) is 1.42. The summed E-state index contributed by atoms with van der Waals surface area (Å²) in [6, 6.07) is 2.27. The number of nitrogens with zero attached hydrogens (tertiary/aromatic N) is 2. The maximum Gasteiger partial charge on any atom is 0.179 e. The first-order valence-corrected chi connectivity index (χ1v) is 5.19. The van der Waals surface area contributed by atoms with Gasteiger partial charge in [0.1, 0.15) is 5.69 Å². The molecular weight excluding hydrogens is 176 g/mol. The number of aryl methyl sites for hydroxylation is 1. The zero-order valence-electron chi connectivity index (χ0n) is 9.37. The van der Waals surface area contributed by atoms with Gasteiger partial charge in [0.15, 0.2) is 5.78 Å². The number of ketones is 1. The molecule has 0 N–H and O–H groups in total. The maximum atomic E-state index is 11.2. The molecule has 0 saturated heterocycles. The second-order valence-electron chi connectivity index (χ2n) is 3.63. The highest BCUT2D eigenvalue weighted by molar-refractivity contribution is 5.92. The summed E-state index contributed by atoms with van der Waals surface area (Å²) in [5, 5.41) is 4.32. The summed E-state index contributed by atoms with van der Waals surface area (Å²) in [6.45, 7) is 7.89. The molecule has 0 aliphatic rings. The van der Waals surface area contributed by atoms with E-state index in [0.717, 1.165) is 18.5 Å². The van der Waals surface area contributed by atoms with Gasteiger partial charge in [-0.2, -0.15) is 5.10 Å². The largest absolute Gasteiger partial charge is 0.293 e. The Kier molecular flexibility index (Phi) is 3.44. The molecule has 1 aromatic heterocycles. The maximum absolute atomic E-state index is 11.2. The van der Waals surface area contributed by atoms with Crippen LogP contribution >= 0.6 is 0 Å². The number of rotatable bonds is 4. The molecular formula is C11H18N2O. The number of carbonyl (C=O) groups is 1. The van der Waals surface area contributed by atoms with E-state index in [1.165, 1.54) is 0 Å². The van der Waals surface area contributed by atoms with E-state index in [1.54, 1.807) is 6.92 Å². The van der Waals surface area contributed by atoms with Crippen molar-refractivity contribution in [3.05, 3.63) is 17.5 Å². The Morgan fingerprint density at radius 1 is 1.57 bits per heavy atom. The van der Waals surface area contributed by atoms with Gasteiger partial charge in [-0.25, -0.2) is 0 Å². The molecule has 1 rings (SSSR count). The van der Waals surface area contributed by atoms with Gasteiger partial charge in [0.05, 0.1) is 0 Å². The van der Waals surface area contributed by atoms with Gasteiger partial charge in [0.2, 0.25) is 0 Å². The van der Waals surface area contributed by atoms with E-state index < -0.39 is 0 Å². The average molecular weight is 194 g/mol. The summed E-state index contributed by atoms with van der Waals surface area (Å²) < 4.78 is 1.97. The van der Waals surface area contributed by atoms with Crippen molar-refractivity contribution in [3.63, 3.8) is 0 Å². The number of Topliss-reactive ketones (excluding diaryl/α,β-unsaturated/α-hetero) is 1. The lowest BCUT2D eigenvalue weighted by Crippen LogP contribution is -2.09. The van der Waals surface area contributed by atoms with E-state index >= 15 is 0 Å². The van der Waals surface area contributed by atoms with Crippen LogP contribution in [0.5, 0.6) is 0 Å². The van der Waals surface area contributed by atoms with Crippen LogP contribution in [0.2, 0.25) is 0 Å². The van der Waals surface area contributed by atoms with Crippen molar-refractivity contribution in [1.82, 2.24) is 9.78 Å². The van der Waals surface area contributed by atoms with Gasteiger partial charge < -0.3 is 0 Å². The molecule has 1 unspecified atom stereocenters. The minimum absolute atomic E-state index is 0.0433. The number of hydrogen-bond donors (Lipinski definition) is 0. The van der Waals surface area contributed by atoms with Crippen molar-refractivity contribution in [3.8, 4) is 0 Å². The highest BCUT2D eigenvalue weighted by atomic mass is 16.1. The third kappa shape index (κ3) is 2.03. The SMILES string of the molecule is CCc1cc(C(C)=O)nn1C(C)CC. The summed E-state index contributed by atoms with van der Waals surface area (Å²) in [4.78, 5) is 11.2. The Labute approximate surface area is 85.1 Å². The molecule has 0 aliphatic heterocycles.